The molecule has 0 spiro atoms. The molecule has 0 saturated heterocycles. The van der Waals surface area contributed by atoms with E-state index >= 15 is 0 Å². The van der Waals surface area contributed by atoms with Crippen molar-refractivity contribution < 1.29 is 29.5 Å². The van der Waals surface area contributed by atoms with Gasteiger partial charge in [-0.2, -0.15) is 0 Å². The van der Waals surface area contributed by atoms with Crippen LogP contribution in [0.1, 0.15) is 61.7 Å². The van der Waals surface area contributed by atoms with E-state index in [4.69, 9.17) is 3.32 Å². The van der Waals surface area contributed by atoms with Crippen molar-refractivity contribution >= 4 is 5.97 Å². The third kappa shape index (κ3) is 3.36. The monoisotopic (exact) mass is 390 g/mol. The Labute approximate surface area is 159 Å². The molecule has 0 heterocycles. The molecule has 0 aromatic heterocycles. The zero-order valence-corrected chi connectivity index (χ0v) is 17.3. The SMILES string of the molecule is [CH3][Ti]([CH3])([O]C(=O)c1ccc(F)cc1)[CH]1CCCC2=C1CC1=C2CCCC1. The fraction of sp³-hybridized carbons (Fsp3) is 0.500. The average Bonchev–Trinajstić information content (AvgIpc) is 3.00. The Hall–Kier alpha value is -1.19. The number of hydrogen-bond acceptors (Lipinski definition) is 2. The topological polar surface area (TPSA) is 26.3 Å². The standard InChI is InChI=1S/C13H17.C7H5FO2.2CH3.Ti/c1-3-7-12-10(5-1)9-11-6-2-4-8-13(11)12;8-6-3-1-5(2-4-6)7(9)10;;;/h5H,1-4,6-9H2;1-4H,(H,9,10);2*1H3;/q;;;;+1/p-1. The Balaban J connectivity index is 1.55. The summed E-state index contributed by atoms with van der Waals surface area (Å²) in [5, 5.41) is 4.44. The third-order valence-electron chi connectivity index (χ3n) is 6.35. The van der Waals surface area contributed by atoms with Crippen molar-refractivity contribution in [2.24, 2.45) is 0 Å². The van der Waals surface area contributed by atoms with Gasteiger partial charge >= 0.3 is 159 Å². The number of carbonyl (C=O) groups is 1. The molecule has 1 atom stereocenters. The Morgan fingerprint density at radius 1 is 1.04 bits per heavy atom. The van der Waals surface area contributed by atoms with E-state index in [1.165, 1.54) is 62.8 Å². The molecule has 4 rings (SSSR count). The summed E-state index contributed by atoms with van der Waals surface area (Å²) in [6.07, 6.45) is 9.89. The zero-order chi connectivity index (χ0) is 18.3. The molecule has 4 heteroatoms. The molecule has 0 amide bonds. The molecule has 0 fully saturated rings. The number of hydrogen-bond donors (Lipinski definition) is 0. The van der Waals surface area contributed by atoms with Crippen molar-refractivity contribution in [3.63, 3.8) is 0 Å². The van der Waals surface area contributed by atoms with Gasteiger partial charge in [-0.3, -0.25) is 0 Å². The van der Waals surface area contributed by atoms with Crippen LogP contribution in [0.15, 0.2) is 46.6 Å². The zero-order valence-electron chi connectivity index (χ0n) is 15.7. The number of carbonyl (C=O) groups excluding carboxylic acids is 1. The van der Waals surface area contributed by atoms with Crippen LogP contribution in [0.25, 0.3) is 0 Å². The van der Waals surface area contributed by atoms with Gasteiger partial charge in [0, 0.05) is 0 Å². The molecule has 0 aliphatic heterocycles. The summed E-state index contributed by atoms with van der Waals surface area (Å²) in [5.41, 5.74) is 7.04. The van der Waals surface area contributed by atoms with Gasteiger partial charge in [-0.25, -0.2) is 0 Å². The van der Waals surface area contributed by atoms with E-state index < -0.39 is 17.0 Å². The number of allylic oxidation sites excluding steroid dienone is 4. The van der Waals surface area contributed by atoms with Crippen molar-refractivity contribution in [2.75, 3.05) is 0 Å². The van der Waals surface area contributed by atoms with Crippen LogP contribution in [0.4, 0.5) is 4.39 Å². The van der Waals surface area contributed by atoms with Gasteiger partial charge in [-0.15, -0.1) is 0 Å². The van der Waals surface area contributed by atoms with E-state index in [1.54, 1.807) is 22.3 Å². The van der Waals surface area contributed by atoms with Gasteiger partial charge in [0.05, 0.1) is 0 Å². The molecule has 0 radical (unpaired) electrons. The minimum atomic E-state index is -2.83. The number of benzene rings is 1. The van der Waals surface area contributed by atoms with Gasteiger partial charge in [0.25, 0.3) is 0 Å². The summed E-state index contributed by atoms with van der Waals surface area (Å²) >= 11 is -2.83. The normalized spacial score (nSPS) is 23.0. The molecule has 3 aliphatic rings. The first-order chi connectivity index (χ1) is 12.5. The maximum atomic E-state index is 13.1. The summed E-state index contributed by atoms with van der Waals surface area (Å²) < 4.78 is 19.7. The first-order valence-electron chi connectivity index (χ1n) is 9.88. The second kappa shape index (κ2) is 7.09. The molecular formula is C22H27FO2Ti. The number of halogens is 1. The van der Waals surface area contributed by atoms with Crippen molar-refractivity contribution in [3.8, 4) is 0 Å². The van der Waals surface area contributed by atoms with Gasteiger partial charge < -0.3 is 0 Å². The summed E-state index contributed by atoms with van der Waals surface area (Å²) in [6.45, 7) is 0. The van der Waals surface area contributed by atoms with E-state index in [1.807, 2.05) is 0 Å². The fourth-order valence-electron chi connectivity index (χ4n) is 5.08. The quantitative estimate of drug-likeness (QED) is 0.538. The summed E-state index contributed by atoms with van der Waals surface area (Å²) in [5.74, 6) is -0.606. The molecule has 1 aromatic rings. The molecular weight excluding hydrogens is 363 g/mol. The molecule has 2 nitrogen and oxygen atoms in total. The summed E-state index contributed by atoms with van der Waals surface area (Å²) in [7, 11) is 0. The first kappa shape index (κ1) is 18.2. The number of rotatable bonds is 3. The van der Waals surface area contributed by atoms with Crippen LogP contribution in [-0.4, -0.2) is 5.97 Å². The molecule has 3 aliphatic carbocycles. The van der Waals surface area contributed by atoms with Gasteiger partial charge in [-0.05, 0) is 0 Å². The van der Waals surface area contributed by atoms with E-state index in [0.717, 1.165) is 12.8 Å². The van der Waals surface area contributed by atoms with Gasteiger partial charge in [0.2, 0.25) is 0 Å². The maximum absolute atomic E-state index is 13.1. The second-order valence-electron chi connectivity index (χ2n) is 8.41. The van der Waals surface area contributed by atoms with E-state index in [0.29, 0.717) is 9.79 Å². The van der Waals surface area contributed by atoms with Crippen LogP contribution in [0.2, 0.25) is 14.7 Å². The molecule has 0 N–H and O–H groups in total. The van der Waals surface area contributed by atoms with Crippen LogP contribution in [0, 0.1) is 5.82 Å². The molecule has 138 valence electrons. The van der Waals surface area contributed by atoms with Crippen LogP contribution in [0.3, 0.4) is 0 Å². The van der Waals surface area contributed by atoms with Gasteiger partial charge in [0.15, 0.2) is 0 Å². The fourth-order valence-corrected chi connectivity index (χ4v) is 9.38. The Kier molecular flexibility index (Phi) is 4.96. The summed E-state index contributed by atoms with van der Waals surface area (Å²) in [4.78, 5) is 12.6. The average molecular weight is 390 g/mol. The Bertz CT molecular complexity index is 789. The predicted molar refractivity (Wildman–Crippen MR) is 98.3 cm³/mol. The van der Waals surface area contributed by atoms with Crippen LogP contribution >= 0.6 is 0 Å². The molecule has 1 unspecified atom stereocenters. The first-order valence-corrected chi connectivity index (χ1v) is 14.5. The van der Waals surface area contributed by atoms with Crippen molar-refractivity contribution in [3.05, 3.63) is 57.9 Å². The Morgan fingerprint density at radius 3 is 2.50 bits per heavy atom. The molecule has 1 aromatic carbocycles. The minimum absolute atomic E-state index is 0.279. The van der Waals surface area contributed by atoms with Crippen LogP contribution in [-0.2, 0) is 20.3 Å². The van der Waals surface area contributed by atoms with Crippen LogP contribution < -0.4 is 0 Å². The van der Waals surface area contributed by atoms with Gasteiger partial charge in [0.1, 0.15) is 0 Å². The molecule has 0 bridgehead atoms. The summed E-state index contributed by atoms with van der Waals surface area (Å²) in [6, 6.07) is 5.70. The van der Waals surface area contributed by atoms with E-state index in [9.17, 15) is 9.18 Å². The van der Waals surface area contributed by atoms with E-state index in [-0.39, 0.29) is 11.8 Å². The van der Waals surface area contributed by atoms with Gasteiger partial charge in [-0.1, -0.05) is 0 Å². The van der Waals surface area contributed by atoms with Crippen molar-refractivity contribution in [2.45, 2.75) is 66.0 Å². The molecule has 26 heavy (non-hydrogen) atoms. The number of fused-ring (bicyclic) bond motifs is 1. The van der Waals surface area contributed by atoms with Crippen LogP contribution in [0.5, 0.6) is 0 Å². The van der Waals surface area contributed by atoms with Crippen molar-refractivity contribution in [1.29, 1.82) is 0 Å². The second-order valence-corrected chi connectivity index (χ2v) is 14.8. The van der Waals surface area contributed by atoms with Crippen molar-refractivity contribution in [1.82, 2.24) is 0 Å². The van der Waals surface area contributed by atoms with E-state index in [2.05, 4.69) is 10.5 Å². The molecule has 0 saturated carbocycles. The predicted octanol–water partition coefficient (Wildman–Crippen LogP) is 6.69. The third-order valence-corrected chi connectivity index (χ3v) is 11.1. The Morgan fingerprint density at radius 2 is 1.73 bits per heavy atom.